The molecule has 1 atom stereocenters. The monoisotopic (exact) mass is 599 g/mol. The molecule has 10 nitrogen and oxygen atoms in total. The lowest BCUT2D eigenvalue weighted by molar-refractivity contribution is -0.127. The molecule has 0 unspecified atom stereocenters. The molecule has 1 N–H and O–H groups in total. The molecule has 0 bridgehead atoms. The van der Waals surface area contributed by atoms with E-state index in [-0.39, 0.29) is 30.3 Å². The summed E-state index contributed by atoms with van der Waals surface area (Å²) in [7, 11) is -7.32. The first kappa shape index (κ1) is 28.9. The summed E-state index contributed by atoms with van der Waals surface area (Å²) in [5.74, 6) is 0.109. The second kappa shape index (κ2) is 12.5. The van der Waals surface area contributed by atoms with E-state index in [0.717, 1.165) is 19.3 Å². The van der Waals surface area contributed by atoms with E-state index in [1.165, 1.54) is 20.7 Å². The average molecular weight is 600 g/mol. The number of hydrogen-bond acceptors (Lipinski definition) is 7. The number of hydrogen-bond donors (Lipinski definition) is 1. The normalized spacial score (nSPS) is 17.8. The van der Waals surface area contributed by atoms with Gasteiger partial charge in [0.25, 0.3) is 5.91 Å². The molecular weight excluding hydrogens is 566 g/mol. The minimum atomic E-state index is -3.80. The molecule has 1 saturated heterocycles. The maximum Gasteiger partial charge on any atom is 0.263 e. The Morgan fingerprint density at radius 2 is 1.56 bits per heavy atom. The van der Waals surface area contributed by atoms with Crippen LogP contribution in [0.15, 0.2) is 83.8 Å². The first-order valence-corrected chi connectivity index (χ1v) is 16.6. The number of sulfonamides is 2. The number of nitrogens with one attached hydrogen (secondary N) is 1. The van der Waals surface area contributed by atoms with E-state index >= 15 is 0 Å². The Labute approximate surface area is 241 Å². The Hall–Kier alpha value is -3.61. The Morgan fingerprint density at radius 3 is 2.29 bits per heavy atom. The molecule has 12 heteroatoms. The molecule has 218 valence electrons. The molecule has 3 aromatic rings. The standard InChI is InChI=1S/C29H33N3O7S2/c33-29(30-17-20-38-24-13-15-25(16-14-24)41(36,37)31-18-7-2-8-19-31)28-21-32(26-11-5-6-12-27(26)39-28)40(34,35)22-23-9-3-1-4-10-23/h1,3-6,9-16,28H,2,7-8,17-22H2,(H,30,33)/t28-/m1/s1. The number of nitrogens with zero attached hydrogens (tertiary/aromatic N) is 2. The summed E-state index contributed by atoms with van der Waals surface area (Å²) in [6.07, 6.45) is 1.73. The summed E-state index contributed by atoms with van der Waals surface area (Å²) < 4.78 is 66.7. The van der Waals surface area contributed by atoms with Gasteiger partial charge in [-0.2, -0.15) is 4.31 Å². The van der Waals surface area contributed by atoms with E-state index in [1.54, 1.807) is 60.7 Å². The topological polar surface area (TPSA) is 122 Å². The molecule has 41 heavy (non-hydrogen) atoms. The van der Waals surface area contributed by atoms with Crippen LogP contribution in [0.5, 0.6) is 11.5 Å². The average Bonchev–Trinajstić information content (AvgIpc) is 2.99. The molecule has 0 aromatic heterocycles. The largest absolute Gasteiger partial charge is 0.492 e. The number of fused-ring (bicyclic) bond motifs is 1. The number of para-hydroxylation sites is 2. The molecule has 1 fully saturated rings. The van der Waals surface area contributed by atoms with Gasteiger partial charge in [0.2, 0.25) is 20.0 Å². The summed E-state index contributed by atoms with van der Waals surface area (Å²) in [4.78, 5) is 13.2. The van der Waals surface area contributed by atoms with E-state index in [4.69, 9.17) is 9.47 Å². The van der Waals surface area contributed by atoms with Crippen LogP contribution in [0.3, 0.4) is 0 Å². The van der Waals surface area contributed by atoms with Gasteiger partial charge in [0.1, 0.15) is 18.1 Å². The highest BCUT2D eigenvalue weighted by Crippen LogP contribution is 2.35. The van der Waals surface area contributed by atoms with Gasteiger partial charge in [0, 0.05) is 13.1 Å². The minimum Gasteiger partial charge on any atom is -0.492 e. The van der Waals surface area contributed by atoms with Gasteiger partial charge in [-0.05, 0) is 54.8 Å². The number of piperidine rings is 1. The van der Waals surface area contributed by atoms with Gasteiger partial charge in [0.15, 0.2) is 6.10 Å². The Morgan fingerprint density at radius 1 is 0.878 bits per heavy atom. The SMILES string of the molecule is O=C(NCCOc1ccc(S(=O)(=O)N2CCCCC2)cc1)[C@H]1CN(S(=O)(=O)Cc2ccccc2)c2ccccc2O1. The van der Waals surface area contributed by atoms with Crippen LogP contribution in [-0.4, -0.2) is 65.9 Å². The van der Waals surface area contributed by atoms with Crippen molar-refractivity contribution in [1.82, 2.24) is 9.62 Å². The molecule has 2 aliphatic heterocycles. The highest BCUT2D eigenvalue weighted by atomic mass is 32.2. The van der Waals surface area contributed by atoms with Gasteiger partial charge >= 0.3 is 0 Å². The fourth-order valence-electron chi connectivity index (χ4n) is 4.88. The number of ether oxygens (including phenoxy) is 2. The predicted octanol–water partition coefficient (Wildman–Crippen LogP) is 3.15. The zero-order valence-electron chi connectivity index (χ0n) is 22.5. The molecule has 0 saturated carbocycles. The van der Waals surface area contributed by atoms with Crippen LogP contribution in [0, 0.1) is 0 Å². The van der Waals surface area contributed by atoms with Crippen molar-refractivity contribution in [2.45, 2.75) is 36.0 Å². The molecule has 5 rings (SSSR count). The number of amides is 1. The number of rotatable bonds is 10. The fourth-order valence-corrected chi connectivity index (χ4v) is 7.98. The van der Waals surface area contributed by atoms with Gasteiger partial charge in [-0.15, -0.1) is 0 Å². The van der Waals surface area contributed by atoms with E-state index < -0.39 is 32.1 Å². The zero-order chi connectivity index (χ0) is 28.9. The van der Waals surface area contributed by atoms with E-state index in [0.29, 0.717) is 35.8 Å². The third-order valence-electron chi connectivity index (χ3n) is 7.00. The maximum absolute atomic E-state index is 13.4. The first-order chi connectivity index (χ1) is 19.7. The van der Waals surface area contributed by atoms with Crippen molar-refractivity contribution in [3.63, 3.8) is 0 Å². The van der Waals surface area contributed by atoms with Crippen LogP contribution in [0.4, 0.5) is 5.69 Å². The zero-order valence-corrected chi connectivity index (χ0v) is 24.1. The quantitative estimate of drug-likeness (QED) is 0.355. The van der Waals surface area contributed by atoms with Crippen LogP contribution >= 0.6 is 0 Å². The second-order valence-electron chi connectivity index (χ2n) is 9.92. The lowest BCUT2D eigenvalue weighted by Gasteiger charge is -2.34. The van der Waals surface area contributed by atoms with E-state index in [1.807, 2.05) is 6.07 Å². The Balaban J connectivity index is 1.16. The Bertz CT molecular complexity index is 1560. The maximum atomic E-state index is 13.4. The number of benzene rings is 3. The molecular formula is C29H33N3O7S2. The van der Waals surface area contributed by atoms with Crippen LogP contribution in [-0.2, 0) is 30.6 Å². The van der Waals surface area contributed by atoms with Crippen molar-refractivity contribution in [1.29, 1.82) is 0 Å². The van der Waals surface area contributed by atoms with Crippen molar-refractivity contribution < 1.29 is 31.1 Å². The van der Waals surface area contributed by atoms with Gasteiger partial charge in [-0.1, -0.05) is 48.9 Å². The van der Waals surface area contributed by atoms with Crippen molar-refractivity contribution in [3.05, 3.63) is 84.4 Å². The van der Waals surface area contributed by atoms with E-state index in [9.17, 15) is 21.6 Å². The molecule has 0 aliphatic carbocycles. The summed E-state index contributed by atoms with van der Waals surface area (Å²) >= 11 is 0. The fraction of sp³-hybridized carbons (Fsp3) is 0.345. The van der Waals surface area contributed by atoms with Crippen LogP contribution in [0.1, 0.15) is 24.8 Å². The van der Waals surface area contributed by atoms with Crippen LogP contribution in [0.2, 0.25) is 0 Å². The summed E-state index contributed by atoms with van der Waals surface area (Å²) in [5, 5.41) is 2.74. The highest BCUT2D eigenvalue weighted by molar-refractivity contribution is 7.92. The van der Waals surface area contributed by atoms with Crippen LogP contribution < -0.4 is 19.1 Å². The van der Waals surface area contributed by atoms with E-state index in [2.05, 4.69) is 5.32 Å². The molecule has 1 amide bonds. The predicted molar refractivity (Wildman–Crippen MR) is 155 cm³/mol. The lowest BCUT2D eigenvalue weighted by Crippen LogP contribution is -2.51. The third-order valence-corrected chi connectivity index (χ3v) is 10.6. The van der Waals surface area contributed by atoms with Crippen molar-refractivity contribution >= 4 is 31.6 Å². The van der Waals surface area contributed by atoms with Crippen molar-refractivity contribution in [2.75, 3.05) is 37.1 Å². The van der Waals surface area contributed by atoms with Crippen LogP contribution in [0.25, 0.3) is 0 Å². The molecule has 2 heterocycles. The summed E-state index contributed by atoms with van der Waals surface area (Å²) in [6, 6.07) is 21.8. The Kier molecular flexibility index (Phi) is 8.81. The van der Waals surface area contributed by atoms with Crippen molar-refractivity contribution in [3.8, 4) is 11.5 Å². The van der Waals surface area contributed by atoms with Crippen molar-refractivity contribution in [2.24, 2.45) is 0 Å². The van der Waals surface area contributed by atoms with Gasteiger partial charge in [0.05, 0.1) is 29.4 Å². The minimum absolute atomic E-state index is 0.128. The summed E-state index contributed by atoms with van der Waals surface area (Å²) in [6.45, 7) is 1.18. The first-order valence-electron chi connectivity index (χ1n) is 13.5. The number of carbonyl (C=O) groups is 1. The van der Waals surface area contributed by atoms with Gasteiger partial charge in [-0.3, -0.25) is 9.10 Å². The van der Waals surface area contributed by atoms with Gasteiger partial charge in [-0.25, -0.2) is 16.8 Å². The molecule has 3 aromatic carbocycles. The third kappa shape index (κ3) is 6.83. The van der Waals surface area contributed by atoms with Gasteiger partial charge < -0.3 is 14.8 Å². The molecule has 0 spiro atoms. The smallest absolute Gasteiger partial charge is 0.263 e. The molecule has 2 aliphatic rings. The highest BCUT2D eigenvalue weighted by Gasteiger charge is 2.36. The number of carbonyl (C=O) groups excluding carboxylic acids is 1. The summed E-state index contributed by atoms with van der Waals surface area (Å²) in [5.41, 5.74) is 1.04. The second-order valence-corrected chi connectivity index (χ2v) is 13.8. The number of anilines is 1. The molecule has 0 radical (unpaired) electrons. The lowest BCUT2D eigenvalue weighted by atomic mass is 10.2.